The van der Waals surface area contributed by atoms with E-state index in [9.17, 15) is 14.0 Å². The highest BCUT2D eigenvalue weighted by atomic mass is 35.5. The van der Waals surface area contributed by atoms with Gasteiger partial charge in [0.25, 0.3) is 5.91 Å². The van der Waals surface area contributed by atoms with Crippen molar-refractivity contribution in [3.8, 4) is 16.9 Å². The van der Waals surface area contributed by atoms with E-state index in [0.29, 0.717) is 28.0 Å². The van der Waals surface area contributed by atoms with Gasteiger partial charge in [-0.3, -0.25) is 19.5 Å². The number of ether oxygens (including phenoxy) is 1. The molecule has 2 amide bonds. The molecule has 10 heteroatoms. The number of carbonyl (C=O) groups is 2. The first-order chi connectivity index (χ1) is 18.9. The fraction of sp³-hybridized carbons (Fsp3) is 0.207. The van der Waals surface area contributed by atoms with Gasteiger partial charge in [-0.15, -0.1) is 0 Å². The predicted molar refractivity (Wildman–Crippen MR) is 149 cm³/mol. The Morgan fingerprint density at radius 1 is 1.05 bits per heavy atom. The zero-order chi connectivity index (χ0) is 27.4. The van der Waals surface area contributed by atoms with Crippen LogP contribution in [0.4, 0.5) is 10.3 Å². The molecule has 5 rings (SSSR count). The molecule has 39 heavy (non-hydrogen) atoms. The Morgan fingerprint density at radius 2 is 1.82 bits per heavy atom. The Kier molecular flexibility index (Phi) is 8.26. The molecule has 1 aromatic heterocycles. The maximum Gasteiger partial charge on any atom is 0.254 e. The number of halogens is 3. The number of anilines is 1. The normalized spacial score (nSPS) is 14.8. The highest BCUT2D eigenvalue weighted by Crippen LogP contribution is 2.27. The van der Waals surface area contributed by atoms with E-state index < -0.39 is 11.7 Å². The van der Waals surface area contributed by atoms with Crippen molar-refractivity contribution in [2.24, 2.45) is 0 Å². The SMILES string of the molecule is O=C(CN(CC1CCCO1)C(=O)c1ccc(F)cc1)Nc1nc(-c2ccc(Cl)cc2)cn1-c1cccc(Cl)c1. The van der Waals surface area contributed by atoms with E-state index in [1.54, 1.807) is 41.1 Å². The van der Waals surface area contributed by atoms with E-state index in [-0.39, 0.29) is 36.6 Å². The lowest BCUT2D eigenvalue weighted by Gasteiger charge is -2.25. The van der Waals surface area contributed by atoms with E-state index in [0.717, 1.165) is 18.4 Å². The van der Waals surface area contributed by atoms with Crippen LogP contribution >= 0.6 is 23.2 Å². The van der Waals surface area contributed by atoms with E-state index in [2.05, 4.69) is 10.3 Å². The summed E-state index contributed by atoms with van der Waals surface area (Å²) in [5.41, 5.74) is 2.40. The minimum atomic E-state index is -0.445. The molecular formula is C29H25Cl2FN4O3. The summed E-state index contributed by atoms with van der Waals surface area (Å²) in [6.45, 7) is 0.608. The number of aromatic nitrogens is 2. The summed E-state index contributed by atoms with van der Waals surface area (Å²) in [5.74, 6) is -1.02. The zero-order valence-electron chi connectivity index (χ0n) is 20.8. The molecule has 7 nitrogen and oxygen atoms in total. The maximum absolute atomic E-state index is 13.4. The minimum absolute atomic E-state index is 0.174. The number of nitrogens with zero attached hydrogens (tertiary/aromatic N) is 3. The first-order valence-corrected chi connectivity index (χ1v) is 13.2. The van der Waals surface area contributed by atoms with E-state index in [4.69, 9.17) is 27.9 Å². The lowest BCUT2D eigenvalue weighted by Crippen LogP contribution is -2.42. The number of hydrogen-bond acceptors (Lipinski definition) is 4. The lowest BCUT2D eigenvalue weighted by molar-refractivity contribution is -0.117. The highest BCUT2D eigenvalue weighted by Gasteiger charge is 2.26. The van der Waals surface area contributed by atoms with Crippen LogP contribution in [-0.4, -0.2) is 52.1 Å². The van der Waals surface area contributed by atoms with Gasteiger partial charge in [0.05, 0.1) is 11.8 Å². The summed E-state index contributed by atoms with van der Waals surface area (Å²) in [6.07, 6.45) is 3.30. The molecule has 1 fully saturated rings. The number of amides is 2. The summed E-state index contributed by atoms with van der Waals surface area (Å²) in [5, 5.41) is 3.97. The average Bonchev–Trinajstić information content (AvgIpc) is 3.59. The molecule has 0 bridgehead atoms. The first-order valence-electron chi connectivity index (χ1n) is 12.4. The molecule has 1 atom stereocenters. The molecule has 1 aliphatic heterocycles. The van der Waals surface area contributed by atoms with Crippen molar-refractivity contribution in [2.45, 2.75) is 18.9 Å². The molecule has 0 aliphatic carbocycles. The van der Waals surface area contributed by atoms with Crippen LogP contribution in [0.5, 0.6) is 0 Å². The number of nitrogens with one attached hydrogen (secondary N) is 1. The second-order valence-corrected chi connectivity index (χ2v) is 10.1. The highest BCUT2D eigenvalue weighted by molar-refractivity contribution is 6.31. The van der Waals surface area contributed by atoms with Gasteiger partial charge in [-0.25, -0.2) is 9.37 Å². The summed E-state index contributed by atoms with van der Waals surface area (Å²) < 4.78 is 20.9. The number of carbonyl (C=O) groups excluding carboxylic acids is 2. The van der Waals surface area contributed by atoms with Crippen LogP contribution in [0.25, 0.3) is 16.9 Å². The molecule has 0 radical (unpaired) electrons. The van der Waals surface area contributed by atoms with Crippen LogP contribution in [0, 0.1) is 5.82 Å². The summed E-state index contributed by atoms with van der Waals surface area (Å²) in [4.78, 5) is 32.7. The minimum Gasteiger partial charge on any atom is -0.376 e. The maximum atomic E-state index is 13.4. The van der Waals surface area contributed by atoms with Crippen LogP contribution in [0.3, 0.4) is 0 Å². The fourth-order valence-corrected chi connectivity index (χ4v) is 4.73. The largest absolute Gasteiger partial charge is 0.376 e. The van der Waals surface area contributed by atoms with Gasteiger partial charge in [-0.1, -0.05) is 41.4 Å². The number of imidazole rings is 1. The summed E-state index contributed by atoms with van der Waals surface area (Å²) >= 11 is 12.3. The Hall–Kier alpha value is -3.72. The monoisotopic (exact) mass is 566 g/mol. The van der Waals surface area contributed by atoms with Gasteiger partial charge < -0.3 is 9.64 Å². The van der Waals surface area contributed by atoms with Gasteiger partial charge >= 0.3 is 0 Å². The fourth-order valence-electron chi connectivity index (χ4n) is 4.42. The third-order valence-electron chi connectivity index (χ3n) is 6.34. The van der Waals surface area contributed by atoms with Gasteiger partial charge in [-0.05, 0) is 67.4 Å². The number of benzene rings is 3. The van der Waals surface area contributed by atoms with Crippen molar-refractivity contribution < 1.29 is 18.7 Å². The number of rotatable bonds is 8. The van der Waals surface area contributed by atoms with Crippen LogP contribution in [-0.2, 0) is 9.53 Å². The molecule has 4 aromatic rings. The van der Waals surface area contributed by atoms with Crippen LogP contribution in [0.15, 0.2) is 79.0 Å². The molecule has 1 unspecified atom stereocenters. The first kappa shape index (κ1) is 26.9. The second kappa shape index (κ2) is 12.0. The van der Waals surface area contributed by atoms with Crippen molar-refractivity contribution >= 4 is 41.0 Å². The van der Waals surface area contributed by atoms with Crippen molar-refractivity contribution in [1.29, 1.82) is 0 Å². The molecule has 200 valence electrons. The quantitative estimate of drug-likeness (QED) is 0.273. The number of hydrogen-bond donors (Lipinski definition) is 1. The van der Waals surface area contributed by atoms with Crippen LogP contribution in [0.1, 0.15) is 23.2 Å². The Morgan fingerprint density at radius 3 is 2.51 bits per heavy atom. The van der Waals surface area contributed by atoms with Crippen molar-refractivity contribution in [1.82, 2.24) is 14.5 Å². The molecule has 0 spiro atoms. The second-order valence-electron chi connectivity index (χ2n) is 9.18. The summed E-state index contributed by atoms with van der Waals surface area (Å²) in [7, 11) is 0. The van der Waals surface area contributed by atoms with Crippen LogP contribution in [0.2, 0.25) is 10.0 Å². The molecule has 2 heterocycles. The third-order valence-corrected chi connectivity index (χ3v) is 6.83. The molecule has 1 saturated heterocycles. The molecule has 1 N–H and O–H groups in total. The topological polar surface area (TPSA) is 76.5 Å². The Bertz CT molecular complexity index is 1470. The molecular weight excluding hydrogens is 542 g/mol. The van der Waals surface area contributed by atoms with Crippen LogP contribution < -0.4 is 5.32 Å². The average molecular weight is 567 g/mol. The predicted octanol–water partition coefficient (Wildman–Crippen LogP) is 6.25. The van der Waals surface area contributed by atoms with Gasteiger partial charge in [0, 0.05) is 46.2 Å². The van der Waals surface area contributed by atoms with Gasteiger partial charge in [-0.2, -0.15) is 0 Å². The van der Waals surface area contributed by atoms with E-state index in [1.807, 2.05) is 18.2 Å². The summed E-state index contributed by atoms with van der Waals surface area (Å²) in [6, 6.07) is 19.6. The van der Waals surface area contributed by atoms with Gasteiger partial charge in [0.2, 0.25) is 11.9 Å². The third kappa shape index (κ3) is 6.65. The Balaban J connectivity index is 1.41. The molecule has 0 saturated carbocycles. The van der Waals surface area contributed by atoms with Crippen molar-refractivity contribution in [2.75, 3.05) is 25.0 Å². The molecule has 1 aliphatic rings. The van der Waals surface area contributed by atoms with Gasteiger partial charge in [0.1, 0.15) is 12.4 Å². The van der Waals surface area contributed by atoms with Crippen molar-refractivity contribution in [3.05, 3.63) is 100 Å². The van der Waals surface area contributed by atoms with E-state index >= 15 is 0 Å². The van der Waals surface area contributed by atoms with E-state index in [1.165, 1.54) is 29.2 Å². The van der Waals surface area contributed by atoms with Crippen molar-refractivity contribution in [3.63, 3.8) is 0 Å². The van der Waals surface area contributed by atoms with Gasteiger partial charge in [0.15, 0.2) is 0 Å². The smallest absolute Gasteiger partial charge is 0.254 e. The zero-order valence-corrected chi connectivity index (χ0v) is 22.3. The lowest BCUT2D eigenvalue weighted by atomic mass is 10.1. The molecule has 3 aromatic carbocycles. The Labute approximate surface area is 235 Å². The standard InChI is InChI=1S/C29H25Cl2FN4O3/c30-21-10-6-19(7-11-21)26-17-36(24-4-1-3-22(31)15-24)29(33-26)34-27(37)18-35(16-25-5-2-14-39-25)28(38)20-8-12-23(32)13-9-20/h1,3-4,6-13,15,17,25H,2,5,14,16,18H2,(H,33,34,37).